The van der Waals surface area contributed by atoms with Gasteiger partial charge in [-0.15, -0.1) is 0 Å². The first-order chi connectivity index (χ1) is 12.9. The number of imide groups is 1. The lowest BCUT2D eigenvalue weighted by Crippen LogP contribution is -2.51. The van der Waals surface area contributed by atoms with Crippen LogP contribution in [0.2, 0.25) is 0 Å². The van der Waals surface area contributed by atoms with Gasteiger partial charge in [-0.05, 0) is 12.1 Å². The Bertz CT molecular complexity index is 778. The molecule has 0 saturated carbocycles. The van der Waals surface area contributed by atoms with Crippen LogP contribution in [0.3, 0.4) is 0 Å². The molecule has 2 aliphatic rings. The average Bonchev–Trinajstić information content (AvgIpc) is 2.91. The van der Waals surface area contributed by atoms with Crippen LogP contribution in [0.25, 0.3) is 0 Å². The second-order valence-corrected chi connectivity index (χ2v) is 6.29. The number of amides is 4. The molecule has 0 aliphatic carbocycles. The number of carbonyl (C=O) groups excluding carboxylic acids is 5. The molecule has 0 atom stereocenters. The normalized spacial score (nSPS) is 16.4. The van der Waals surface area contributed by atoms with E-state index in [-0.39, 0.29) is 22.9 Å². The maximum absolute atomic E-state index is 12.2. The van der Waals surface area contributed by atoms with Gasteiger partial charge in [0.05, 0.1) is 11.1 Å². The van der Waals surface area contributed by atoms with Crippen LogP contribution in [0.1, 0.15) is 27.6 Å². The molecule has 1 fully saturated rings. The Balaban J connectivity index is 1.48. The van der Waals surface area contributed by atoms with Crippen molar-refractivity contribution in [3.05, 3.63) is 35.4 Å². The van der Waals surface area contributed by atoms with Crippen LogP contribution in [0.4, 0.5) is 0 Å². The third-order valence-electron chi connectivity index (χ3n) is 4.60. The molecule has 0 unspecified atom stereocenters. The summed E-state index contributed by atoms with van der Waals surface area (Å²) in [6.07, 6.45) is 0. The fourth-order valence-electron chi connectivity index (χ4n) is 3.06. The molecule has 27 heavy (non-hydrogen) atoms. The lowest BCUT2D eigenvalue weighted by molar-refractivity contribution is -0.153. The minimum atomic E-state index is -0.833. The molecule has 9 nitrogen and oxygen atoms in total. The Morgan fingerprint density at radius 3 is 1.96 bits per heavy atom. The minimum absolute atomic E-state index is 0.0468. The predicted molar refractivity (Wildman–Crippen MR) is 91.6 cm³/mol. The zero-order valence-electron chi connectivity index (χ0n) is 14.8. The Morgan fingerprint density at radius 1 is 0.926 bits per heavy atom. The van der Waals surface area contributed by atoms with E-state index in [4.69, 9.17) is 4.74 Å². The smallest absolute Gasteiger partial charge is 0.326 e. The summed E-state index contributed by atoms with van der Waals surface area (Å²) in [6.45, 7) is 2.06. The highest BCUT2D eigenvalue weighted by Gasteiger charge is 2.36. The molecule has 1 aromatic rings. The van der Waals surface area contributed by atoms with Crippen molar-refractivity contribution in [2.45, 2.75) is 6.92 Å². The van der Waals surface area contributed by atoms with Crippen LogP contribution < -0.4 is 0 Å². The molecular weight excluding hydrogens is 354 g/mol. The summed E-state index contributed by atoms with van der Waals surface area (Å²) < 4.78 is 4.93. The molecule has 0 bridgehead atoms. The van der Waals surface area contributed by atoms with Gasteiger partial charge >= 0.3 is 5.97 Å². The molecule has 2 aliphatic heterocycles. The number of fused-ring (bicyclic) bond motifs is 1. The van der Waals surface area contributed by atoms with Gasteiger partial charge in [-0.2, -0.15) is 0 Å². The number of ether oxygens (including phenoxy) is 1. The molecule has 0 aromatic heterocycles. The molecule has 0 N–H and O–H groups in total. The topological polar surface area (TPSA) is 104 Å². The minimum Gasteiger partial charge on any atom is -0.454 e. The number of piperazine rings is 1. The number of carbonyl (C=O) groups is 5. The van der Waals surface area contributed by atoms with Crippen LogP contribution in [0.15, 0.2) is 24.3 Å². The van der Waals surface area contributed by atoms with Gasteiger partial charge in [0.25, 0.3) is 17.7 Å². The van der Waals surface area contributed by atoms with E-state index in [2.05, 4.69) is 0 Å². The standard InChI is InChI=1S/C18H19N3O6/c1-12(22)19-6-8-20(9-7-19)15(23)11-27-16(24)10-21-17(25)13-4-2-3-5-14(13)18(21)26/h2-5H,6-11H2,1H3. The molecule has 1 aromatic carbocycles. The Kier molecular flexibility index (Phi) is 5.20. The third-order valence-corrected chi connectivity index (χ3v) is 4.60. The Labute approximate surface area is 155 Å². The number of hydrogen-bond donors (Lipinski definition) is 0. The first-order valence-corrected chi connectivity index (χ1v) is 8.52. The molecule has 142 valence electrons. The van der Waals surface area contributed by atoms with Gasteiger partial charge in [-0.3, -0.25) is 28.9 Å². The largest absolute Gasteiger partial charge is 0.454 e. The van der Waals surface area contributed by atoms with Gasteiger partial charge in [0.15, 0.2) is 6.61 Å². The van der Waals surface area contributed by atoms with Gasteiger partial charge in [-0.1, -0.05) is 12.1 Å². The van der Waals surface area contributed by atoms with E-state index in [0.29, 0.717) is 26.2 Å². The average molecular weight is 373 g/mol. The first kappa shape index (κ1) is 18.6. The van der Waals surface area contributed by atoms with Crippen molar-refractivity contribution < 1.29 is 28.7 Å². The van der Waals surface area contributed by atoms with Crippen molar-refractivity contribution in [3.63, 3.8) is 0 Å². The quantitative estimate of drug-likeness (QED) is 0.521. The van der Waals surface area contributed by atoms with Crippen molar-refractivity contribution in [1.29, 1.82) is 0 Å². The van der Waals surface area contributed by atoms with Gasteiger partial charge < -0.3 is 14.5 Å². The first-order valence-electron chi connectivity index (χ1n) is 8.52. The fourth-order valence-corrected chi connectivity index (χ4v) is 3.06. The van der Waals surface area contributed by atoms with E-state index in [9.17, 15) is 24.0 Å². The van der Waals surface area contributed by atoms with Gasteiger partial charge in [0, 0.05) is 33.1 Å². The van der Waals surface area contributed by atoms with E-state index in [1.165, 1.54) is 24.0 Å². The maximum atomic E-state index is 12.2. The monoisotopic (exact) mass is 373 g/mol. The summed E-state index contributed by atoms with van der Waals surface area (Å²) in [5.74, 6) is -2.37. The predicted octanol–water partition coefficient (Wildman–Crippen LogP) is -0.483. The molecule has 2 heterocycles. The summed E-state index contributed by atoms with van der Waals surface area (Å²) in [4.78, 5) is 63.7. The van der Waals surface area contributed by atoms with Gasteiger partial charge in [0.1, 0.15) is 6.54 Å². The Hall–Kier alpha value is -3.23. The van der Waals surface area contributed by atoms with Crippen LogP contribution >= 0.6 is 0 Å². The van der Waals surface area contributed by atoms with E-state index >= 15 is 0 Å². The van der Waals surface area contributed by atoms with Crippen LogP contribution in [0.5, 0.6) is 0 Å². The van der Waals surface area contributed by atoms with Gasteiger partial charge in [0.2, 0.25) is 5.91 Å². The highest BCUT2D eigenvalue weighted by atomic mass is 16.5. The van der Waals surface area contributed by atoms with Crippen molar-refractivity contribution in [2.24, 2.45) is 0 Å². The number of benzene rings is 1. The van der Waals surface area contributed by atoms with Crippen molar-refractivity contribution >= 4 is 29.6 Å². The van der Waals surface area contributed by atoms with E-state index in [1.54, 1.807) is 17.0 Å². The number of rotatable bonds is 4. The summed E-state index contributed by atoms with van der Waals surface area (Å²) in [6, 6.07) is 6.31. The molecule has 3 rings (SSSR count). The lowest BCUT2D eigenvalue weighted by Gasteiger charge is -2.34. The summed E-state index contributed by atoms with van der Waals surface area (Å²) >= 11 is 0. The van der Waals surface area contributed by atoms with Crippen molar-refractivity contribution in [1.82, 2.24) is 14.7 Å². The molecule has 9 heteroatoms. The van der Waals surface area contributed by atoms with Crippen molar-refractivity contribution in [3.8, 4) is 0 Å². The summed E-state index contributed by atoms with van der Waals surface area (Å²) in [5.41, 5.74) is 0.490. The second-order valence-electron chi connectivity index (χ2n) is 6.29. The SMILES string of the molecule is CC(=O)N1CCN(C(=O)COC(=O)CN2C(=O)c3ccccc3C2=O)CC1. The summed E-state index contributed by atoms with van der Waals surface area (Å²) in [7, 11) is 0. The number of esters is 1. The van der Waals surface area contributed by atoms with Crippen LogP contribution in [0, 0.1) is 0 Å². The highest BCUT2D eigenvalue weighted by molar-refractivity contribution is 6.22. The number of nitrogens with zero attached hydrogens (tertiary/aromatic N) is 3. The highest BCUT2D eigenvalue weighted by Crippen LogP contribution is 2.22. The molecule has 0 radical (unpaired) electrons. The molecule has 0 spiro atoms. The zero-order chi connectivity index (χ0) is 19.6. The van der Waals surface area contributed by atoms with Crippen LogP contribution in [-0.2, 0) is 19.1 Å². The second kappa shape index (κ2) is 7.56. The maximum Gasteiger partial charge on any atom is 0.326 e. The molecular formula is C18H19N3O6. The van der Waals surface area contributed by atoms with Crippen molar-refractivity contribution in [2.75, 3.05) is 39.3 Å². The molecule has 4 amide bonds. The lowest BCUT2D eigenvalue weighted by atomic mass is 10.1. The zero-order valence-corrected chi connectivity index (χ0v) is 14.8. The number of hydrogen-bond acceptors (Lipinski definition) is 6. The van der Waals surface area contributed by atoms with E-state index in [0.717, 1.165) is 4.90 Å². The summed E-state index contributed by atoms with van der Waals surface area (Å²) in [5, 5.41) is 0. The Morgan fingerprint density at radius 2 is 1.44 bits per heavy atom. The third kappa shape index (κ3) is 3.81. The molecule has 1 saturated heterocycles. The van der Waals surface area contributed by atoms with Gasteiger partial charge in [-0.25, -0.2) is 0 Å². The van der Waals surface area contributed by atoms with E-state index < -0.39 is 30.9 Å². The fraction of sp³-hybridized carbons (Fsp3) is 0.389. The van der Waals surface area contributed by atoms with E-state index in [1.807, 2.05) is 0 Å². The van der Waals surface area contributed by atoms with Crippen LogP contribution in [-0.4, -0.2) is 83.6 Å².